The molecule has 0 saturated heterocycles. The molecule has 0 aliphatic rings. The summed E-state index contributed by atoms with van der Waals surface area (Å²) < 4.78 is 12.1. The molecule has 22 heavy (non-hydrogen) atoms. The number of carboxylic acid groups (broad SMARTS) is 1. The van der Waals surface area contributed by atoms with Gasteiger partial charge in [-0.1, -0.05) is 5.16 Å². The van der Waals surface area contributed by atoms with Gasteiger partial charge in [-0.15, -0.1) is 0 Å². The number of hydrogen-bond donors (Lipinski definition) is 1. The van der Waals surface area contributed by atoms with E-state index in [9.17, 15) is 9.59 Å². The average Bonchev–Trinajstić information content (AvgIpc) is 2.78. The average molecular weight is 306 g/mol. The zero-order chi connectivity index (χ0) is 16.1. The first-order valence-electron chi connectivity index (χ1n) is 6.95. The Hall–Kier alpha value is -2.57. The van der Waals surface area contributed by atoms with Gasteiger partial charge in [0, 0.05) is 19.2 Å². The molecule has 2 heterocycles. The summed E-state index contributed by atoms with van der Waals surface area (Å²) in [5.74, 6) is 0.00639. The van der Waals surface area contributed by atoms with Crippen molar-refractivity contribution in [2.24, 2.45) is 0 Å². The largest absolute Gasteiger partial charge is 0.483 e. The van der Waals surface area contributed by atoms with Crippen LogP contribution in [0.4, 0.5) is 0 Å². The van der Waals surface area contributed by atoms with Crippen molar-refractivity contribution >= 4 is 5.97 Å². The molecule has 0 aliphatic carbocycles. The van der Waals surface area contributed by atoms with Crippen LogP contribution in [-0.4, -0.2) is 20.8 Å². The molecule has 0 atom stereocenters. The van der Waals surface area contributed by atoms with Crippen molar-refractivity contribution < 1.29 is 19.2 Å². The molecule has 0 spiro atoms. The Kier molecular flexibility index (Phi) is 4.98. The fraction of sp³-hybridized carbons (Fsp3) is 0.400. The molecule has 0 radical (unpaired) electrons. The zero-order valence-corrected chi connectivity index (χ0v) is 12.5. The molecule has 2 aromatic rings. The normalized spacial score (nSPS) is 10.6. The quantitative estimate of drug-likeness (QED) is 0.839. The van der Waals surface area contributed by atoms with Gasteiger partial charge in [0.15, 0.2) is 5.75 Å². The molecule has 7 heteroatoms. The lowest BCUT2D eigenvalue weighted by atomic mass is 10.2. The summed E-state index contributed by atoms with van der Waals surface area (Å²) in [5, 5.41) is 12.5. The van der Waals surface area contributed by atoms with Crippen LogP contribution in [0.25, 0.3) is 0 Å². The number of aryl methyl sites for hydroxylation is 3. The maximum atomic E-state index is 12.2. The smallest absolute Gasteiger partial charge is 0.303 e. The molecule has 0 fully saturated rings. The van der Waals surface area contributed by atoms with E-state index >= 15 is 0 Å². The summed E-state index contributed by atoms with van der Waals surface area (Å²) in [6, 6.07) is 3.29. The van der Waals surface area contributed by atoms with Crippen molar-refractivity contribution in [2.75, 3.05) is 0 Å². The van der Waals surface area contributed by atoms with Gasteiger partial charge in [-0.05, 0) is 32.4 Å². The Labute approximate surface area is 127 Å². The topological polar surface area (TPSA) is 94.6 Å². The zero-order valence-electron chi connectivity index (χ0n) is 12.5. The number of ether oxygens (including phenoxy) is 1. The summed E-state index contributed by atoms with van der Waals surface area (Å²) in [6.07, 6.45) is 2.03. The molecule has 7 nitrogen and oxygen atoms in total. The first kappa shape index (κ1) is 15.8. The lowest BCUT2D eigenvalue weighted by Crippen LogP contribution is -2.21. The van der Waals surface area contributed by atoms with E-state index in [-0.39, 0.29) is 24.3 Å². The van der Waals surface area contributed by atoms with E-state index in [4.69, 9.17) is 14.4 Å². The van der Waals surface area contributed by atoms with Crippen LogP contribution in [0.1, 0.15) is 29.9 Å². The molecular weight excluding hydrogens is 288 g/mol. The van der Waals surface area contributed by atoms with Crippen molar-refractivity contribution in [1.82, 2.24) is 9.72 Å². The third kappa shape index (κ3) is 3.75. The fourth-order valence-electron chi connectivity index (χ4n) is 2.06. The van der Waals surface area contributed by atoms with E-state index in [0.29, 0.717) is 18.7 Å². The number of carboxylic acids is 1. The maximum Gasteiger partial charge on any atom is 0.303 e. The predicted molar refractivity (Wildman–Crippen MR) is 77.9 cm³/mol. The van der Waals surface area contributed by atoms with Gasteiger partial charge in [0.05, 0.1) is 11.3 Å². The Morgan fingerprint density at radius 2 is 2.23 bits per heavy atom. The molecule has 2 aromatic heterocycles. The highest BCUT2D eigenvalue weighted by Crippen LogP contribution is 2.14. The van der Waals surface area contributed by atoms with E-state index in [0.717, 1.165) is 11.3 Å². The van der Waals surface area contributed by atoms with Gasteiger partial charge in [-0.25, -0.2) is 0 Å². The van der Waals surface area contributed by atoms with Crippen LogP contribution in [0.15, 0.2) is 27.6 Å². The van der Waals surface area contributed by atoms with Crippen molar-refractivity contribution in [1.29, 1.82) is 0 Å². The van der Waals surface area contributed by atoms with E-state index in [1.165, 1.54) is 4.57 Å². The molecule has 0 amide bonds. The lowest BCUT2D eigenvalue weighted by Gasteiger charge is -2.09. The molecule has 0 bridgehead atoms. The minimum atomic E-state index is -0.876. The number of aromatic nitrogens is 2. The van der Waals surface area contributed by atoms with Crippen LogP contribution in [0.2, 0.25) is 0 Å². The van der Waals surface area contributed by atoms with Gasteiger partial charge in [0.2, 0.25) is 0 Å². The van der Waals surface area contributed by atoms with Crippen LogP contribution < -0.4 is 10.3 Å². The molecule has 0 aromatic carbocycles. The number of nitrogens with zero attached hydrogens (tertiary/aromatic N) is 2. The molecule has 0 aliphatic heterocycles. The summed E-state index contributed by atoms with van der Waals surface area (Å²) in [6.45, 7) is 4.14. The molecule has 118 valence electrons. The monoisotopic (exact) mass is 306 g/mol. The van der Waals surface area contributed by atoms with Crippen LogP contribution in [0.5, 0.6) is 5.75 Å². The van der Waals surface area contributed by atoms with Gasteiger partial charge in [-0.2, -0.15) is 0 Å². The lowest BCUT2D eigenvalue weighted by molar-refractivity contribution is -0.137. The van der Waals surface area contributed by atoms with Crippen LogP contribution in [0.3, 0.4) is 0 Å². The van der Waals surface area contributed by atoms with Crippen LogP contribution >= 0.6 is 0 Å². The van der Waals surface area contributed by atoms with Crippen LogP contribution in [-0.2, 0) is 17.9 Å². The molecule has 2 rings (SSSR count). The third-order valence-corrected chi connectivity index (χ3v) is 3.33. The summed E-state index contributed by atoms with van der Waals surface area (Å²) >= 11 is 0. The number of carbonyl (C=O) groups is 1. The molecule has 1 N–H and O–H groups in total. The maximum absolute atomic E-state index is 12.2. The second kappa shape index (κ2) is 6.93. The van der Waals surface area contributed by atoms with Crippen molar-refractivity contribution in [3.05, 3.63) is 45.7 Å². The van der Waals surface area contributed by atoms with Crippen molar-refractivity contribution in [3.8, 4) is 5.75 Å². The number of rotatable bonds is 7. The van der Waals surface area contributed by atoms with Gasteiger partial charge >= 0.3 is 5.97 Å². The minimum Gasteiger partial charge on any atom is -0.483 e. The Bertz CT molecular complexity index is 697. The second-order valence-corrected chi connectivity index (χ2v) is 4.96. The minimum absolute atomic E-state index is 0.0244. The fourth-order valence-corrected chi connectivity index (χ4v) is 2.06. The predicted octanol–water partition coefficient (Wildman–Crippen LogP) is 1.90. The Morgan fingerprint density at radius 3 is 2.86 bits per heavy atom. The highest BCUT2D eigenvalue weighted by Gasteiger charge is 2.11. The summed E-state index contributed by atoms with van der Waals surface area (Å²) in [5.41, 5.74) is 1.27. The first-order valence-corrected chi connectivity index (χ1v) is 6.95. The highest BCUT2D eigenvalue weighted by atomic mass is 16.5. The number of hydrogen-bond acceptors (Lipinski definition) is 5. The third-order valence-electron chi connectivity index (χ3n) is 3.33. The van der Waals surface area contributed by atoms with Gasteiger partial charge in [0.1, 0.15) is 12.4 Å². The SMILES string of the molecule is Cc1noc(C)c1COc1cccn(CCCC(=O)O)c1=O. The Balaban J connectivity index is 2.05. The van der Waals surface area contributed by atoms with E-state index in [1.54, 1.807) is 25.3 Å². The number of pyridine rings is 1. The standard InChI is InChI=1S/C15H18N2O5/c1-10-12(11(2)22-16-10)9-21-13-5-3-7-17(15(13)20)8-4-6-14(18)19/h3,5,7H,4,6,8-9H2,1-2H3,(H,18,19). The summed E-state index contributed by atoms with van der Waals surface area (Å²) in [7, 11) is 0. The van der Waals surface area contributed by atoms with Gasteiger partial charge < -0.3 is 18.9 Å². The Morgan fingerprint density at radius 1 is 1.45 bits per heavy atom. The van der Waals surface area contributed by atoms with Gasteiger partial charge in [0.25, 0.3) is 5.56 Å². The van der Waals surface area contributed by atoms with Crippen molar-refractivity contribution in [2.45, 2.75) is 39.8 Å². The van der Waals surface area contributed by atoms with Crippen LogP contribution in [0, 0.1) is 13.8 Å². The van der Waals surface area contributed by atoms with E-state index in [2.05, 4.69) is 5.16 Å². The first-order chi connectivity index (χ1) is 10.5. The molecule has 0 unspecified atom stereocenters. The second-order valence-electron chi connectivity index (χ2n) is 4.96. The number of aliphatic carboxylic acids is 1. The van der Waals surface area contributed by atoms with E-state index in [1.807, 2.05) is 6.92 Å². The van der Waals surface area contributed by atoms with E-state index < -0.39 is 5.97 Å². The van der Waals surface area contributed by atoms with Gasteiger partial charge in [-0.3, -0.25) is 9.59 Å². The summed E-state index contributed by atoms with van der Waals surface area (Å²) in [4.78, 5) is 22.7. The highest BCUT2D eigenvalue weighted by molar-refractivity contribution is 5.66. The molecular formula is C15H18N2O5. The molecule has 0 saturated carbocycles. The van der Waals surface area contributed by atoms with Crippen molar-refractivity contribution in [3.63, 3.8) is 0 Å².